The van der Waals surface area contributed by atoms with E-state index in [2.05, 4.69) is 15.9 Å². The van der Waals surface area contributed by atoms with Gasteiger partial charge in [0.05, 0.1) is 9.80 Å². The van der Waals surface area contributed by atoms with Crippen molar-refractivity contribution in [2.24, 2.45) is 0 Å². The molecule has 0 spiro atoms. The molecule has 0 aliphatic rings. The third kappa shape index (κ3) is 2.84. The highest BCUT2D eigenvalue weighted by molar-refractivity contribution is 9.10. The fraction of sp³-hybridized carbons (Fsp3) is 0.294. The average molecular weight is 324 g/mol. The first-order chi connectivity index (χ1) is 11.3. The van der Waals surface area contributed by atoms with Crippen molar-refractivity contribution in [3.8, 4) is 11.1 Å². The summed E-state index contributed by atoms with van der Waals surface area (Å²) in [6, 6.07) is 4.42. The van der Waals surface area contributed by atoms with Crippen LogP contribution in [0.15, 0.2) is 40.8 Å². The van der Waals surface area contributed by atoms with Crippen molar-refractivity contribution < 1.29 is 8.22 Å². The molecule has 0 amide bonds. The summed E-state index contributed by atoms with van der Waals surface area (Å²) in [6.45, 7) is 2.79. The summed E-state index contributed by atoms with van der Waals surface area (Å²) in [5.41, 5.74) is 6.12. The van der Waals surface area contributed by atoms with Crippen LogP contribution in [0.1, 0.15) is 40.1 Å². The molecule has 0 fully saturated rings. The SMILES string of the molecule is [2H]c1c([2H])c(C(C)(C)C)c([2H])c(C([2H])([2H])[2H])c1-c1cccc(Br)c1N. The Bertz CT molecular complexity index is 837. The van der Waals surface area contributed by atoms with Crippen molar-refractivity contribution in [2.45, 2.75) is 33.0 Å². The second-order valence-electron chi connectivity index (χ2n) is 5.45. The Hall–Kier alpha value is -1.28. The van der Waals surface area contributed by atoms with E-state index in [1.54, 1.807) is 39.0 Å². The highest BCUT2D eigenvalue weighted by atomic mass is 79.9. The summed E-state index contributed by atoms with van der Waals surface area (Å²) < 4.78 is 49.6. The lowest BCUT2D eigenvalue weighted by molar-refractivity contribution is 0.590. The Labute approximate surface area is 132 Å². The van der Waals surface area contributed by atoms with Crippen LogP contribution in [0.25, 0.3) is 11.1 Å². The quantitative estimate of drug-likeness (QED) is 0.707. The average Bonchev–Trinajstić information content (AvgIpc) is 2.43. The maximum Gasteiger partial charge on any atom is 0.0629 e. The molecular formula is C17H20BrN. The smallest absolute Gasteiger partial charge is 0.0629 e. The second-order valence-corrected chi connectivity index (χ2v) is 6.31. The highest BCUT2D eigenvalue weighted by Crippen LogP contribution is 2.35. The van der Waals surface area contributed by atoms with Crippen LogP contribution < -0.4 is 5.73 Å². The Morgan fingerprint density at radius 1 is 1.21 bits per heavy atom. The van der Waals surface area contributed by atoms with Crippen molar-refractivity contribution in [3.63, 3.8) is 0 Å². The predicted octanol–water partition coefficient (Wildman–Crippen LogP) is 5.30. The standard InChI is InChI=1S/C17H20BrN/c1-11-10-12(17(2,3)4)8-9-13(11)14-6-5-7-15(18)16(14)19/h5-10H,19H2,1-4H3/i1D3,8D,9D,10D. The first-order valence-electron chi connectivity index (χ1n) is 8.97. The molecule has 100 valence electrons. The van der Waals surface area contributed by atoms with Gasteiger partial charge in [-0.2, -0.15) is 0 Å². The van der Waals surface area contributed by atoms with Gasteiger partial charge in [-0.05, 0) is 51.0 Å². The van der Waals surface area contributed by atoms with Crippen LogP contribution in [-0.4, -0.2) is 0 Å². The lowest BCUT2D eigenvalue weighted by atomic mass is 9.84. The molecule has 0 saturated heterocycles. The Kier molecular flexibility index (Phi) is 2.14. The van der Waals surface area contributed by atoms with Gasteiger partial charge in [-0.3, -0.25) is 0 Å². The van der Waals surface area contributed by atoms with Gasteiger partial charge in [-0.25, -0.2) is 0 Å². The Balaban J connectivity index is 3.07. The van der Waals surface area contributed by atoms with Gasteiger partial charge in [0.25, 0.3) is 0 Å². The monoisotopic (exact) mass is 323 g/mol. The third-order valence-electron chi connectivity index (χ3n) is 2.88. The van der Waals surface area contributed by atoms with E-state index in [1.807, 2.05) is 0 Å². The number of benzene rings is 2. The van der Waals surface area contributed by atoms with Crippen LogP contribution in [0, 0.1) is 6.85 Å². The molecule has 0 aliphatic heterocycles. The topological polar surface area (TPSA) is 26.0 Å². The van der Waals surface area contributed by atoms with E-state index in [9.17, 15) is 0 Å². The van der Waals surface area contributed by atoms with E-state index < -0.39 is 12.3 Å². The highest BCUT2D eigenvalue weighted by Gasteiger charge is 2.15. The minimum absolute atomic E-state index is 0.0294. The van der Waals surface area contributed by atoms with Crippen molar-refractivity contribution in [1.29, 1.82) is 0 Å². The number of anilines is 1. The number of nitrogen functional groups attached to an aromatic ring is 1. The third-order valence-corrected chi connectivity index (χ3v) is 3.58. The largest absolute Gasteiger partial charge is 0.397 e. The molecule has 0 aromatic heterocycles. The van der Waals surface area contributed by atoms with E-state index >= 15 is 0 Å². The minimum Gasteiger partial charge on any atom is -0.397 e. The summed E-state index contributed by atoms with van der Waals surface area (Å²) in [4.78, 5) is 0. The van der Waals surface area contributed by atoms with E-state index in [4.69, 9.17) is 14.0 Å². The zero-order valence-electron chi connectivity index (χ0n) is 17.2. The molecule has 2 N–H and O–H groups in total. The van der Waals surface area contributed by atoms with Gasteiger partial charge in [-0.15, -0.1) is 0 Å². The fourth-order valence-electron chi connectivity index (χ4n) is 1.74. The number of nitrogens with two attached hydrogens (primary N) is 1. The van der Waals surface area contributed by atoms with E-state index in [0.717, 1.165) is 0 Å². The van der Waals surface area contributed by atoms with Gasteiger partial charge >= 0.3 is 0 Å². The molecule has 0 aliphatic carbocycles. The van der Waals surface area contributed by atoms with Gasteiger partial charge in [0.2, 0.25) is 0 Å². The Morgan fingerprint density at radius 2 is 1.95 bits per heavy atom. The van der Waals surface area contributed by atoms with Crippen LogP contribution in [-0.2, 0) is 5.41 Å². The number of rotatable bonds is 1. The normalized spacial score (nSPS) is 16.8. The molecule has 2 aromatic carbocycles. The van der Waals surface area contributed by atoms with Gasteiger partial charge in [0, 0.05) is 14.1 Å². The summed E-state index contributed by atoms with van der Waals surface area (Å²) in [7, 11) is 0. The van der Waals surface area contributed by atoms with Crippen molar-refractivity contribution in [1.82, 2.24) is 0 Å². The maximum absolute atomic E-state index is 8.49. The maximum atomic E-state index is 8.49. The molecule has 19 heavy (non-hydrogen) atoms. The van der Waals surface area contributed by atoms with Gasteiger partial charge in [-0.1, -0.05) is 51.0 Å². The molecule has 0 atom stereocenters. The zero-order chi connectivity index (χ0) is 19.3. The minimum atomic E-state index is -2.61. The van der Waals surface area contributed by atoms with Gasteiger partial charge in [0.1, 0.15) is 0 Å². The fourth-order valence-corrected chi connectivity index (χ4v) is 2.10. The van der Waals surface area contributed by atoms with Crippen LogP contribution in [0.2, 0.25) is 0 Å². The molecule has 0 bridgehead atoms. The van der Waals surface area contributed by atoms with E-state index in [-0.39, 0.29) is 40.5 Å². The lowest BCUT2D eigenvalue weighted by Gasteiger charge is -2.21. The number of hydrogen-bond acceptors (Lipinski definition) is 1. The molecule has 0 unspecified atom stereocenters. The summed E-state index contributed by atoms with van der Waals surface area (Å²) in [5.74, 6) is 0. The molecular weight excluding hydrogens is 298 g/mol. The van der Waals surface area contributed by atoms with Crippen molar-refractivity contribution >= 4 is 21.6 Å². The van der Waals surface area contributed by atoms with Gasteiger partial charge in [0.15, 0.2) is 0 Å². The first kappa shape index (κ1) is 8.11. The summed E-state index contributed by atoms with van der Waals surface area (Å²) in [5, 5.41) is 0. The van der Waals surface area contributed by atoms with Gasteiger partial charge < -0.3 is 5.73 Å². The number of para-hydroxylation sites is 1. The van der Waals surface area contributed by atoms with E-state index in [1.165, 1.54) is 0 Å². The first-order valence-corrected chi connectivity index (χ1v) is 6.76. The zero-order valence-corrected chi connectivity index (χ0v) is 12.8. The molecule has 2 aromatic rings. The molecule has 0 radical (unpaired) electrons. The second kappa shape index (κ2) is 5.01. The predicted molar refractivity (Wildman–Crippen MR) is 87.4 cm³/mol. The molecule has 2 rings (SSSR count). The van der Waals surface area contributed by atoms with Crippen molar-refractivity contribution in [2.75, 3.05) is 5.73 Å². The summed E-state index contributed by atoms with van der Waals surface area (Å²) in [6.07, 6.45) is 0. The lowest BCUT2D eigenvalue weighted by Crippen LogP contribution is -2.11. The number of halogens is 1. The van der Waals surface area contributed by atoms with Crippen LogP contribution in [0.5, 0.6) is 0 Å². The summed E-state index contributed by atoms with van der Waals surface area (Å²) >= 11 is 3.31. The Morgan fingerprint density at radius 3 is 2.58 bits per heavy atom. The van der Waals surface area contributed by atoms with E-state index in [0.29, 0.717) is 10.0 Å². The molecule has 2 heteroatoms. The molecule has 1 nitrogen and oxygen atoms in total. The van der Waals surface area contributed by atoms with Crippen LogP contribution >= 0.6 is 15.9 Å². The van der Waals surface area contributed by atoms with Crippen LogP contribution in [0.3, 0.4) is 0 Å². The molecule has 0 heterocycles. The number of hydrogen-bond donors (Lipinski definition) is 1. The van der Waals surface area contributed by atoms with Crippen LogP contribution in [0.4, 0.5) is 5.69 Å². The van der Waals surface area contributed by atoms with Crippen molar-refractivity contribution in [3.05, 3.63) is 51.9 Å². The molecule has 0 saturated carbocycles.